The van der Waals surface area contributed by atoms with Gasteiger partial charge in [0.15, 0.2) is 0 Å². The van der Waals surface area contributed by atoms with Crippen LogP contribution in [-0.2, 0) is 4.79 Å². The van der Waals surface area contributed by atoms with E-state index in [0.717, 1.165) is 19.0 Å². The van der Waals surface area contributed by atoms with Crippen molar-refractivity contribution in [3.8, 4) is 0 Å². The van der Waals surface area contributed by atoms with Gasteiger partial charge in [-0.25, -0.2) is 0 Å². The Morgan fingerprint density at radius 2 is 2.00 bits per heavy atom. The van der Waals surface area contributed by atoms with E-state index in [2.05, 4.69) is 10.6 Å². The summed E-state index contributed by atoms with van der Waals surface area (Å²) in [5.41, 5.74) is 0. The predicted octanol–water partition coefficient (Wildman–Crippen LogP) is 1.68. The largest absolute Gasteiger partial charge is 0.354 e. The lowest BCUT2D eigenvalue weighted by Crippen LogP contribution is -2.33. The van der Waals surface area contributed by atoms with Crippen LogP contribution in [0.15, 0.2) is 0 Å². The van der Waals surface area contributed by atoms with Crippen molar-refractivity contribution in [1.29, 1.82) is 0 Å². The average Bonchev–Trinajstić information content (AvgIpc) is 2.63. The summed E-state index contributed by atoms with van der Waals surface area (Å²) in [6.07, 6.45) is 6.11. The second-order valence-corrected chi connectivity index (χ2v) is 4.83. The van der Waals surface area contributed by atoms with Crippen LogP contribution in [0.5, 0.6) is 0 Å². The first-order valence-electron chi connectivity index (χ1n) is 6.18. The minimum Gasteiger partial charge on any atom is -0.354 e. The van der Waals surface area contributed by atoms with Gasteiger partial charge in [-0.05, 0) is 39.2 Å². The Labute approximate surface area is 93.0 Å². The van der Waals surface area contributed by atoms with Crippen molar-refractivity contribution in [1.82, 2.24) is 10.6 Å². The van der Waals surface area contributed by atoms with Gasteiger partial charge in [0.25, 0.3) is 0 Å². The van der Waals surface area contributed by atoms with Crippen molar-refractivity contribution in [3.05, 3.63) is 0 Å². The van der Waals surface area contributed by atoms with E-state index >= 15 is 0 Å². The van der Waals surface area contributed by atoms with Gasteiger partial charge in [0, 0.05) is 19.0 Å². The molecular formula is C12H24N2O. The molecule has 3 heteroatoms. The van der Waals surface area contributed by atoms with Crippen LogP contribution in [0.4, 0.5) is 0 Å². The van der Waals surface area contributed by atoms with Gasteiger partial charge >= 0.3 is 0 Å². The molecule has 0 spiro atoms. The maximum Gasteiger partial charge on any atom is 0.221 e. The Morgan fingerprint density at radius 1 is 1.33 bits per heavy atom. The van der Waals surface area contributed by atoms with E-state index in [1.54, 1.807) is 0 Å². The Bertz CT molecular complexity index is 186. The summed E-state index contributed by atoms with van der Waals surface area (Å²) in [4.78, 5) is 11.3. The molecule has 1 rings (SSSR count). The van der Waals surface area contributed by atoms with Crippen molar-refractivity contribution in [2.75, 3.05) is 13.1 Å². The van der Waals surface area contributed by atoms with E-state index in [4.69, 9.17) is 0 Å². The van der Waals surface area contributed by atoms with Gasteiger partial charge in [0.2, 0.25) is 5.91 Å². The van der Waals surface area contributed by atoms with E-state index < -0.39 is 0 Å². The summed E-state index contributed by atoms with van der Waals surface area (Å²) in [5, 5.41) is 6.26. The SMILES string of the molecule is CC(C)NC(=O)CCNCC1CCCC1. The number of nitrogens with one attached hydrogen (secondary N) is 2. The number of carbonyl (C=O) groups excluding carboxylic acids is 1. The quantitative estimate of drug-likeness (QED) is 0.658. The first-order chi connectivity index (χ1) is 7.18. The fourth-order valence-electron chi connectivity index (χ4n) is 2.12. The highest BCUT2D eigenvalue weighted by atomic mass is 16.1. The second kappa shape index (κ2) is 6.83. The monoisotopic (exact) mass is 212 g/mol. The number of amides is 1. The third-order valence-corrected chi connectivity index (χ3v) is 2.89. The van der Waals surface area contributed by atoms with Crippen LogP contribution in [0.2, 0.25) is 0 Å². The highest BCUT2D eigenvalue weighted by Crippen LogP contribution is 2.23. The molecule has 0 aromatic carbocycles. The zero-order valence-electron chi connectivity index (χ0n) is 10.0. The zero-order valence-corrected chi connectivity index (χ0v) is 10.0. The van der Waals surface area contributed by atoms with Gasteiger partial charge in [0.1, 0.15) is 0 Å². The molecule has 1 fully saturated rings. The molecule has 2 N–H and O–H groups in total. The highest BCUT2D eigenvalue weighted by Gasteiger charge is 2.14. The average molecular weight is 212 g/mol. The van der Waals surface area contributed by atoms with Crippen molar-refractivity contribution < 1.29 is 4.79 Å². The lowest BCUT2D eigenvalue weighted by Gasteiger charge is -2.11. The van der Waals surface area contributed by atoms with Crippen LogP contribution in [0.1, 0.15) is 46.0 Å². The molecule has 3 nitrogen and oxygen atoms in total. The zero-order chi connectivity index (χ0) is 11.1. The van der Waals surface area contributed by atoms with Crippen LogP contribution in [0.3, 0.4) is 0 Å². The molecule has 0 aliphatic heterocycles. The van der Waals surface area contributed by atoms with Gasteiger partial charge in [-0.15, -0.1) is 0 Å². The molecular weight excluding hydrogens is 188 g/mol. The maximum atomic E-state index is 11.3. The smallest absolute Gasteiger partial charge is 0.221 e. The molecule has 0 radical (unpaired) electrons. The summed E-state index contributed by atoms with van der Waals surface area (Å²) in [6.45, 7) is 5.89. The lowest BCUT2D eigenvalue weighted by molar-refractivity contribution is -0.121. The van der Waals surface area contributed by atoms with Gasteiger partial charge in [0.05, 0.1) is 0 Å². The third kappa shape index (κ3) is 5.78. The van der Waals surface area contributed by atoms with Crippen molar-refractivity contribution >= 4 is 5.91 Å². The number of carbonyl (C=O) groups is 1. The standard InChI is InChI=1S/C12H24N2O/c1-10(2)14-12(15)7-8-13-9-11-5-3-4-6-11/h10-11,13H,3-9H2,1-2H3,(H,14,15). The Hall–Kier alpha value is -0.570. The van der Waals surface area contributed by atoms with Gasteiger partial charge in [-0.2, -0.15) is 0 Å². The van der Waals surface area contributed by atoms with Crippen LogP contribution in [0.25, 0.3) is 0 Å². The molecule has 0 unspecified atom stereocenters. The molecule has 0 aromatic heterocycles. The predicted molar refractivity (Wildman–Crippen MR) is 62.7 cm³/mol. The fraction of sp³-hybridized carbons (Fsp3) is 0.917. The molecule has 15 heavy (non-hydrogen) atoms. The lowest BCUT2D eigenvalue weighted by atomic mass is 10.1. The van der Waals surface area contributed by atoms with E-state index in [1.807, 2.05) is 13.8 Å². The molecule has 0 atom stereocenters. The molecule has 1 aliphatic rings. The summed E-state index contributed by atoms with van der Waals surface area (Å²) in [7, 11) is 0. The van der Waals surface area contributed by atoms with Gasteiger partial charge < -0.3 is 10.6 Å². The maximum absolute atomic E-state index is 11.3. The van der Waals surface area contributed by atoms with Crippen molar-refractivity contribution in [2.24, 2.45) is 5.92 Å². The highest BCUT2D eigenvalue weighted by molar-refractivity contribution is 5.76. The van der Waals surface area contributed by atoms with Crippen molar-refractivity contribution in [3.63, 3.8) is 0 Å². The molecule has 1 amide bonds. The molecule has 0 aromatic rings. The van der Waals surface area contributed by atoms with Gasteiger partial charge in [-0.3, -0.25) is 4.79 Å². The topological polar surface area (TPSA) is 41.1 Å². The van der Waals surface area contributed by atoms with Crippen LogP contribution in [0, 0.1) is 5.92 Å². The minimum atomic E-state index is 0.156. The summed E-state index contributed by atoms with van der Waals surface area (Å²) in [5.74, 6) is 1.02. The minimum absolute atomic E-state index is 0.156. The Kier molecular flexibility index (Phi) is 5.69. The Morgan fingerprint density at radius 3 is 2.60 bits per heavy atom. The number of hydrogen-bond donors (Lipinski definition) is 2. The normalized spacial score (nSPS) is 17.3. The fourth-order valence-corrected chi connectivity index (χ4v) is 2.12. The first-order valence-corrected chi connectivity index (χ1v) is 6.18. The van der Waals surface area contributed by atoms with E-state index in [0.29, 0.717) is 6.42 Å². The third-order valence-electron chi connectivity index (χ3n) is 2.89. The van der Waals surface area contributed by atoms with E-state index in [9.17, 15) is 4.79 Å². The summed E-state index contributed by atoms with van der Waals surface area (Å²) >= 11 is 0. The van der Waals surface area contributed by atoms with E-state index in [-0.39, 0.29) is 11.9 Å². The number of hydrogen-bond acceptors (Lipinski definition) is 2. The van der Waals surface area contributed by atoms with Crippen molar-refractivity contribution in [2.45, 2.75) is 52.0 Å². The molecule has 0 heterocycles. The second-order valence-electron chi connectivity index (χ2n) is 4.83. The molecule has 88 valence electrons. The van der Waals surface area contributed by atoms with Crippen LogP contribution in [-0.4, -0.2) is 25.0 Å². The van der Waals surface area contributed by atoms with E-state index in [1.165, 1.54) is 25.7 Å². The Balaban J connectivity index is 1.94. The number of rotatable bonds is 6. The van der Waals surface area contributed by atoms with Crippen LogP contribution >= 0.6 is 0 Å². The first kappa shape index (κ1) is 12.5. The molecule has 1 aliphatic carbocycles. The van der Waals surface area contributed by atoms with Gasteiger partial charge in [-0.1, -0.05) is 12.8 Å². The van der Waals surface area contributed by atoms with Crippen LogP contribution < -0.4 is 10.6 Å². The molecule has 0 bridgehead atoms. The summed E-state index contributed by atoms with van der Waals surface area (Å²) < 4.78 is 0. The summed E-state index contributed by atoms with van der Waals surface area (Å²) in [6, 6.07) is 0.257. The molecule has 1 saturated carbocycles. The molecule has 0 saturated heterocycles.